The van der Waals surface area contributed by atoms with Crippen molar-refractivity contribution in [2.45, 2.75) is 91.9 Å². The molecule has 3 aromatic heterocycles. The van der Waals surface area contributed by atoms with Crippen molar-refractivity contribution in [1.82, 2.24) is 0 Å². The molecule has 260 valence electrons. The maximum Gasteiger partial charge on any atom is 0.310 e. The predicted molar refractivity (Wildman–Crippen MR) is 212 cm³/mol. The van der Waals surface area contributed by atoms with E-state index in [1.807, 2.05) is 34.4 Å². The molecule has 1 aliphatic heterocycles. The molecule has 1 fully saturated rings. The van der Waals surface area contributed by atoms with Gasteiger partial charge in [0.15, 0.2) is 0 Å². The monoisotopic (exact) mass is 722 g/mol. The maximum absolute atomic E-state index is 13.2. The molecule has 4 atom stereocenters. The molecule has 0 radical (unpaired) electrons. The smallest absolute Gasteiger partial charge is 0.310 e. The third-order valence-electron chi connectivity index (χ3n) is 9.47. The molecular formula is C41H54O3S4. The first-order valence-electron chi connectivity index (χ1n) is 17.4. The van der Waals surface area contributed by atoms with Gasteiger partial charge in [-0.3, -0.25) is 4.79 Å². The zero-order chi connectivity index (χ0) is 34.6. The van der Waals surface area contributed by atoms with Crippen LogP contribution in [0.1, 0.15) is 91.9 Å². The number of carbonyl (C=O) groups excluding carboxylic acids is 1. The first-order valence-corrected chi connectivity index (χ1v) is 20.9. The van der Waals surface area contributed by atoms with Gasteiger partial charge >= 0.3 is 5.97 Å². The maximum atomic E-state index is 13.2. The third kappa shape index (κ3) is 9.06. The zero-order valence-electron chi connectivity index (χ0n) is 30.1. The van der Waals surface area contributed by atoms with Crippen molar-refractivity contribution in [3.63, 3.8) is 0 Å². The van der Waals surface area contributed by atoms with E-state index in [0.29, 0.717) is 38.1 Å². The van der Waals surface area contributed by atoms with Crippen LogP contribution in [0.4, 0.5) is 0 Å². The van der Waals surface area contributed by atoms with E-state index >= 15 is 0 Å². The molecular weight excluding hydrogens is 669 g/mol. The van der Waals surface area contributed by atoms with Crippen molar-refractivity contribution in [3.8, 4) is 9.75 Å². The zero-order valence-corrected chi connectivity index (χ0v) is 33.4. The summed E-state index contributed by atoms with van der Waals surface area (Å²) < 4.78 is 12.6. The number of aryl methyl sites for hydroxylation is 1. The molecule has 0 spiro atoms. The molecule has 2 aliphatic rings. The number of allylic oxidation sites excluding steroid dienone is 4. The summed E-state index contributed by atoms with van der Waals surface area (Å²) in [6.07, 6.45) is 12.2. The minimum atomic E-state index is -0.141. The van der Waals surface area contributed by atoms with Gasteiger partial charge in [0.05, 0.1) is 26.2 Å². The van der Waals surface area contributed by atoms with E-state index in [4.69, 9.17) is 9.47 Å². The Balaban J connectivity index is 1.23. The van der Waals surface area contributed by atoms with Gasteiger partial charge in [0.25, 0.3) is 0 Å². The molecule has 3 nitrogen and oxygen atoms in total. The fourth-order valence-corrected chi connectivity index (χ4v) is 11.7. The number of esters is 1. The number of ether oxygens (including phenoxy) is 2. The highest BCUT2D eigenvalue weighted by molar-refractivity contribution is 8.08. The Bertz CT molecular complexity index is 1620. The Hall–Kier alpha value is -1.90. The Morgan fingerprint density at radius 3 is 2.38 bits per heavy atom. The first kappa shape index (κ1) is 37.4. The van der Waals surface area contributed by atoms with Gasteiger partial charge < -0.3 is 9.47 Å². The lowest BCUT2D eigenvalue weighted by Gasteiger charge is -2.25. The molecule has 0 amide bonds. The second-order valence-corrected chi connectivity index (χ2v) is 19.9. The Kier molecular flexibility index (Phi) is 12.4. The van der Waals surface area contributed by atoms with Crippen molar-refractivity contribution in [1.29, 1.82) is 0 Å². The highest BCUT2D eigenvalue weighted by Gasteiger charge is 2.41. The van der Waals surface area contributed by atoms with Crippen LogP contribution in [0.25, 0.3) is 14.7 Å². The largest absolute Gasteiger partial charge is 0.465 e. The van der Waals surface area contributed by atoms with E-state index < -0.39 is 0 Å². The Morgan fingerprint density at radius 2 is 1.73 bits per heavy atom. The van der Waals surface area contributed by atoms with Gasteiger partial charge in [-0.2, -0.15) is 0 Å². The van der Waals surface area contributed by atoms with Gasteiger partial charge in [-0.15, -0.1) is 52.4 Å². The topological polar surface area (TPSA) is 35.5 Å². The number of hydrogen-bond acceptors (Lipinski definition) is 7. The van der Waals surface area contributed by atoms with Crippen LogP contribution >= 0.6 is 45.8 Å². The van der Waals surface area contributed by atoms with Crippen LogP contribution in [-0.4, -0.2) is 31.5 Å². The number of thiophene rings is 3. The second kappa shape index (κ2) is 16.0. The van der Waals surface area contributed by atoms with Crippen LogP contribution < -0.4 is 0 Å². The van der Waals surface area contributed by atoms with Gasteiger partial charge in [-0.05, 0) is 97.1 Å². The molecule has 0 aromatic carbocycles. The van der Waals surface area contributed by atoms with Gasteiger partial charge in [0.1, 0.15) is 0 Å². The SMILES string of the molecule is C=CC1CC(/C=C\C)C(COCCc2cc(-c3ccc(C(C)(C)C)s3)sc2C(C)(C)C)C1COC(=O)Cc1cc(C)sc1C1=CCCS1. The molecule has 1 aliphatic carbocycles. The standard InChI is InChI=1S/C41H54O3S4/c1-10-13-28-21-27(11-2)32(25-44-37(42)23-30-20-26(3)46-38(30)34-14-12-19-45-34)31(28)24-43-18-17-29-22-35(48-39(29)41(7,8)9)33-15-16-36(47-33)40(4,5)6/h10-11,13-16,20,22,27-28,31-32H,2,12,17-19,21,23-25H2,1,3-9H3/b13-10-. The average Bonchev–Trinajstić information content (AvgIpc) is 3.84. The van der Waals surface area contributed by atoms with E-state index in [-0.39, 0.29) is 28.6 Å². The summed E-state index contributed by atoms with van der Waals surface area (Å²) in [6.45, 7) is 23.9. The molecule has 0 bridgehead atoms. The average molecular weight is 723 g/mol. The summed E-state index contributed by atoms with van der Waals surface area (Å²) in [4.78, 5) is 22.6. The summed E-state index contributed by atoms with van der Waals surface area (Å²) >= 11 is 7.54. The minimum absolute atomic E-state index is 0.0757. The summed E-state index contributed by atoms with van der Waals surface area (Å²) in [6, 6.07) is 9.15. The first-order chi connectivity index (χ1) is 22.8. The van der Waals surface area contributed by atoms with Crippen molar-refractivity contribution >= 4 is 56.6 Å². The van der Waals surface area contributed by atoms with Crippen molar-refractivity contribution in [2.24, 2.45) is 23.7 Å². The summed E-state index contributed by atoms with van der Waals surface area (Å²) in [5.41, 5.74) is 2.73. The predicted octanol–water partition coefficient (Wildman–Crippen LogP) is 11.9. The van der Waals surface area contributed by atoms with E-state index in [1.54, 1.807) is 11.3 Å². The minimum Gasteiger partial charge on any atom is -0.465 e. The molecule has 7 heteroatoms. The summed E-state index contributed by atoms with van der Waals surface area (Å²) in [5.74, 6) is 2.13. The molecule has 1 saturated carbocycles. The number of thioether (sulfide) groups is 1. The van der Waals surface area contributed by atoms with Gasteiger partial charge in [0, 0.05) is 45.8 Å². The molecule has 48 heavy (non-hydrogen) atoms. The number of rotatable bonds is 13. The molecule has 0 N–H and O–H groups in total. The molecule has 4 unspecified atom stereocenters. The normalized spacial score (nSPS) is 21.7. The van der Waals surface area contributed by atoms with Crippen molar-refractivity contribution < 1.29 is 14.3 Å². The third-order valence-corrected chi connectivity index (χ3v) is 15.2. The molecule has 0 saturated heterocycles. The van der Waals surface area contributed by atoms with E-state index in [0.717, 1.165) is 30.6 Å². The highest BCUT2D eigenvalue weighted by Crippen LogP contribution is 2.45. The second-order valence-electron chi connectivity index (χ2n) is 15.4. The molecule has 4 heterocycles. The van der Waals surface area contributed by atoms with Crippen LogP contribution in [0, 0.1) is 30.6 Å². The van der Waals surface area contributed by atoms with Crippen LogP contribution in [0.2, 0.25) is 0 Å². The molecule has 5 rings (SSSR count). The van der Waals surface area contributed by atoms with E-state index in [1.165, 1.54) is 39.7 Å². The van der Waals surface area contributed by atoms with E-state index in [9.17, 15) is 4.79 Å². The van der Waals surface area contributed by atoms with E-state index in [2.05, 4.69) is 111 Å². The summed E-state index contributed by atoms with van der Waals surface area (Å²) in [7, 11) is 0. The van der Waals surface area contributed by atoms with Gasteiger partial charge in [-0.25, -0.2) is 0 Å². The van der Waals surface area contributed by atoms with Crippen LogP contribution in [-0.2, 0) is 37.9 Å². The quantitative estimate of drug-likeness (QED) is 0.1000. The van der Waals surface area contributed by atoms with Crippen LogP contribution in [0.5, 0.6) is 0 Å². The Labute approximate surface area is 305 Å². The van der Waals surface area contributed by atoms with Crippen molar-refractivity contribution in [3.05, 3.63) is 85.8 Å². The lowest BCUT2D eigenvalue weighted by atomic mass is 9.87. The number of hydrogen-bond donors (Lipinski definition) is 0. The number of carbonyl (C=O) groups is 1. The molecule has 3 aromatic rings. The van der Waals surface area contributed by atoms with Crippen LogP contribution in [0.15, 0.2) is 55.1 Å². The fraction of sp³-hybridized carbons (Fsp3) is 0.537. The van der Waals surface area contributed by atoms with Crippen molar-refractivity contribution in [2.75, 3.05) is 25.6 Å². The van der Waals surface area contributed by atoms with Gasteiger partial charge in [-0.1, -0.05) is 65.8 Å². The highest BCUT2D eigenvalue weighted by atomic mass is 32.2. The summed E-state index contributed by atoms with van der Waals surface area (Å²) in [5, 5.41) is 0. The van der Waals surface area contributed by atoms with Crippen LogP contribution in [0.3, 0.4) is 0 Å². The van der Waals surface area contributed by atoms with Gasteiger partial charge in [0.2, 0.25) is 0 Å². The fourth-order valence-electron chi connectivity index (χ4n) is 7.06. The lowest BCUT2D eigenvalue weighted by molar-refractivity contribution is -0.145. The lowest BCUT2D eigenvalue weighted by Crippen LogP contribution is -2.28. The Morgan fingerprint density at radius 1 is 0.958 bits per heavy atom.